The second-order valence-corrected chi connectivity index (χ2v) is 6.43. The molecule has 0 saturated heterocycles. The average Bonchev–Trinajstić information content (AvgIpc) is 2.49. The van der Waals surface area contributed by atoms with E-state index in [2.05, 4.69) is 13.8 Å². The highest BCUT2D eigenvalue weighted by atomic mass is 16.5. The van der Waals surface area contributed by atoms with Gasteiger partial charge in [-0.2, -0.15) is 0 Å². The third-order valence-electron chi connectivity index (χ3n) is 4.18. The molecule has 1 aliphatic heterocycles. The van der Waals surface area contributed by atoms with E-state index in [1.807, 2.05) is 18.2 Å². The molecule has 23 heavy (non-hydrogen) atoms. The lowest BCUT2D eigenvalue weighted by Crippen LogP contribution is -2.44. The van der Waals surface area contributed by atoms with Crippen molar-refractivity contribution in [2.45, 2.75) is 52.6 Å². The molecule has 0 radical (unpaired) electrons. The maximum Gasteiger partial charge on any atom is 0.303 e. The fourth-order valence-corrected chi connectivity index (χ4v) is 2.76. The molecule has 0 bridgehead atoms. The molecule has 0 aliphatic carbocycles. The fraction of sp³-hybridized carbons (Fsp3) is 0.556. The van der Waals surface area contributed by atoms with Gasteiger partial charge >= 0.3 is 5.97 Å². The van der Waals surface area contributed by atoms with Crippen molar-refractivity contribution >= 4 is 17.6 Å². The lowest BCUT2D eigenvalue weighted by molar-refractivity contribution is -0.137. The molecule has 0 saturated carbocycles. The molecule has 0 spiro atoms. The van der Waals surface area contributed by atoms with Crippen molar-refractivity contribution in [2.75, 3.05) is 11.4 Å². The van der Waals surface area contributed by atoms with Gasteiger partial charge < -0.3 is 14.7 Å². The number of carbonyl (C=O) groups excluding carboxylic acids is 1. The Bertz CT molecular complexity index is 582. The van der Waals surface area contributed by atoms with Crippen LogP contribution < -0.4 is 9.64 Å². The molecule has 1 aromatic carbocycles. The molecular weight excluding hydrogens is 294 g/mol. The van der Waals surface area contributed by atoms with Gasteiger partial charge in [0.05, 0.1) is 12.2 Å². The first-order chi connectivity index (χ1) is 10.9. The van der Waals surface area contributed by atoms with Gasteiger partial charge in [0.25, 0.3) is 0 Å². The van der Waals surface area contributed by atoms with Crippen molar-refractivity contribution in [2.24, 2.45) is 5.92 Å². The number of carboxylic acid groups (broad SMARTS) is 1. The Morgan fingerprint density at radius 2 is 2.09 bits per heavy atom. The number of unbranched alkanes of at least 4 members (excludes halogenated alkanes) is 1. The molecule has 1 aromatic rings. The van der Waals surface area contributed by atoms with Crippen molar-refractivity contribution in [1.82, 2.24) is 0 Å². The number of benzene rings is 1. The predicted octanol–water partition coefficient (Wildman–Crippen LogP) is 3.25. The lowest BCUT2D eigenvalue weighted by atomic mass is 10.0. The van der Waals surface area contributed by atoms with E-state index in [1.54, 1.807) is 11.8 Å². The Balaban J connectivity index is 2.12. The van der Waals surface area contributed by atoms with Crippen molar-refractivity contribution in [3.63, 3.8) is 0 Å². The first-order valence-corrected chi connectivity index (χ1v) is 8.18. The van der Waals surface area contributed by atoms with Crippen LogP contribution in [0.15, 0.2) is 18.2 Å². The number of aryl methyl sites for hydroxylation is 1. The first kappa shape index (κ1) is 17.3. The van der Waals surface area contributed by atoms with Gasteiger partial charge in [0.15, 0.2) is 0 Å². The smallest absolute Gasteiger partial charge is 0.303 e. The number of carboxylic acids is 1. The van der Waals surface area contributed by atoms with E-state index in [0.717, 1.165) is 29.8 Å². The lowest BCUT2D eigenvalue weighted by Gasteiger charge is -2.36. The molecular formula is C18H25NO4. The van der Waals surface area contributed by atoms with E-state index < -0.39 is 5.97 Å². The van der Waals surface area contributed by atoms with E-state index in [9.17, 15) is 9.59 Å². The minimum Gasteiger partial charge on any atom is -0.486 e. The summed E-state index contributed by atoms with van der Waals surface area (Å²) in [6, 6.07) is 5.92. The van der Waals surface area contributed by atoms with Crippen LogP contribution in [0.1, 0.15) is 45.6 Å². The molecule has 1 atom stereocenters. The van der Waals surface area contributed by atoms with Gasteiger partial charge in [-0.3, -0.25) is 9.59 Å². The van der Waals surface area contributed by atoms with E-state index in [0.29, 0.717) is 18.9 Å². The summed E-state index contributed by atoms with van der Waals surface area (Å²) in [5, 5.41) is 8.67. The second-order valence-electron chi connectivity index (χ2n) is 6.43. The van der Waals surface area contributed by atoms with E-state index in [4.69, 9.17) is 9.84 Å². The van der Waals surface area contributed by atoms with Crippen LogP contribution in [-0.4, -0.2) is 29.6 Å². The number of ether oxygens (including phenoxy) is 1. The molecule has 126 valence electrons. The molecule has 2 rings (SSSR count). The topological polar surface area (TPSA) is 66.8 Å². The van der Waals surface area contributed by atoms with Gasteiger partial charge in [0.1, 0.15) is 11.9 Å². The van der Waals surface area contributed by atoms with Crippen LogP contribution in [0.3, 0.4) is 0 Å². The highest BCUT2D eigenvalue weighted by molar-refractivity contribution is 5.93. The van der Waals surface area contributed by atoms with E-state index in [1.165, 1.54) is 0 Å². The Hall–Kier alpha value is -2.04. The van der Waals surface area contributed by atoms with Gasteiger partial charge in [-0.25, -0.2) is 0 Å². The summed E-state index contributed by atoms with van der Waals surface area (Å²) < 4.78 is 6.01. The highest BCUT2D eigenvalue weighted by Crippen LogP contribution is 2.36. The van der Waals surface area contributed by atoms with Crippen LogP contribution >= 0.6 is 0 Å². The van der Waals surface area contributed by atoms with Crippen LogP contribution in [0, 0.1) is 5.92 Å². The quantitative estimate of drug-likeness (QED) is 0.817. The minimum atomic E-state index is -0.758. The van der Waals surface area contributed by atoms with Gasteiger partial charge in [-0.1, -0.05) is 19.9 Å². The molecule has 5 heteroatoms. The molecule has 1 aliphatic rings. The Labute approximate surface area is 137 Å². The zero-order valence-electron chi connectivity index (χ0n) is 14.0. The van der Waals surface area contributed by atoms with Gasteiger partial charge in [-0.15, -0.1) is 0 Å². The summed E-state index contributed by atoms with van der Waals surface area (Å²) >= 11 is 0. The van der Waals surface area contributed by atoms with E-state index >= 15 is 0 Å². The summed E-state index contributed by atoms with van der Waals surface area (Å²) in [5.74, 6) is 0.342. The molecule has 5 nitrogen and oxygen atoms in total. The number of rotatable bonds is 6. The monoisotopic (exact) mass is 319 g/mol. The minimum absolute atomic E-state index is 0.00724. The number of nitrogens with zero attached hydrogens (tertiary/aromatic N) is 1. The zero-order valence-corrected chi connectivity index (χ0v) is 14.0. The number of amides is 1. The van der Waals surface area contributed by atoms with Gasteiger partial charge in [0.2, 0.25) is 5.91 Å². The molecule has 1 amide bonds. The van der Waals surface area contributed by atoms with Crippen molar-refractivity contribution in [3.05, 3.63) is 23.8 Å². The Morgan fingerprint density at radius 1 is 1.35 bits per heavy atom. The third-order valence-corrected chi connectivity index (χ3v) is 4.18. The van der Waals surface area contributed by atoms with Gasteiger partial charge in [0, 0.05) is 13.3 Å². The summed E-state index contributed by atoms with van der Waals surface area (Å²) in [4.78, 5) is 24.3. The third kappa shape index (κ3) is 4.47. The predicted molar refractivity (Wildman–Crippen MR) is 88.9 cm³/mol. The summed E-state index contributed by atoms with van der Waals surface area (Å²) in [7, 11) is 0. The number of carbonyl (C=O) groups is 2. The Kier molecular flexibility index (Phi) is 5.64. The van der Waals surface area contributed by atoms with Gasteiger partial charge in [-0.05, 0) is 42.9 Å². The van der Waals surface area contributed by atoms with Crippen LogP contribution in [0.4, 0.5) is 5.69 Å². The SMILES string of the molecule is CC(=O)N1CC(C(C)C)Oc2ccc(CCCCC(=O)O)cc21. The van der Waals surface area contributed by atoms with Crippen molar-refractivity contribution in [1.29, 1.82) is 0 Å². The fourth-order valence-electron chi connectivity index (χ4n) is 2.76. The normalized spacial score (nSPS) is 16.9. The number of anilines is 1. The van der Waals surface area contributed by atoms with E-state index in [-0.39, 0.29) is 18.4 Å². The maximum atomic E-state index is 12.0. The largest absolute Gasteiger partial charge is 0.486 e. The zero-order chi connectivity index (χ0) is 17.0. The van der Waals surface area contributed by atoms with Crippen LogP contribution in [-0.2, 0) is 16.0 Å². The number of fused-ring (bicyclic) bond motifs is 1. The molecule has 1 heterocycles. The summed E-state index contributed by atoms with van der Waals surface area (Å²) in [6.07, 6.45) is 2.49. The highest BCUT2D eigenvalue weighted by Gasteiger charge is 2.30. The first-order valence-electron chi connectivity index (χ1n) is 8.18. The standard InChI is InChI=1S/C18H25NO4/c1-12(2)17-11-19(13(3)20)15-10-14(8-9-16(15)23-17)6-4-5-7-18(21)22/h8-10,12,17H,4-7,11H2,1-3H3,(H,21,22). The van der Waals surface area contributed by atoms with Crippen molar-refractivity contribution in [3.8, 4) is 5.75 Å². The summed E-state index contributed by atoms with van der Waals surface area (Å²) in [6.45, 7) is 6.32. The molecule has 1 N–H and O–H groups in total. The maximum absolute atomic E-state index is 12.0. The average molecular weight is 319 g/mol. The summed E-state index contributed by atoms with van der Waals surface area (Å²) in [5.41, 5.74) is 1.93. The van der Waals surface area contributed by atoms with Crippen molar-refractivity contribution < 1.29 is 19.4 Å². The van der Waals surface area contributed by atoms with Crippen LogP contribution in [0.25, 0.3) is 0 Å². The molecule has 0 fully saturated rings. The number of aliphatic carboxylic acids is 1. The van der Waals surface area contributed by atoms with Crippen LogP contribution in [0.2, 0.25) is 0 Å². The second kappa shape index (κ2) is 7.49. The number of hydrogen-bond acceptors (Lipinski definition) is 3. The molecule has 1 unspecified atom stereocenters. The Morgan fingerprint density at radius 3 is 2.70 bits per heavy atom. The van der Waals surface area contributed by atoms with Crippen LogP contribution in [0.5, 0.6) is 5.75 Å². The number of hydrogen-bond donors (Lipinski definition) is 1. The molecule has 0 aromatic heterocycles.